The summed E-state index contributed by atoms with van der Waals surface area (Å²) in [6.45, 7) is 1.51. The summed E-state index contributed by atoms with van der Waals surface area (Å²) in [6.07, 6.45) is -4.49. The van der Waals surface area contributed by atoms with Crippen LogP contribution in [0.5, 0.6) is 0 Å². The third kappa shape index (κ3) is 5.63. The van der Waals surface area contributed by atoms with Gasteiger partial charge < -0.3 is 10.6 Å². The van der Waals surface area contributed by atoms with Crippen molar-refractivity contribution >= 4 is 23.1 Å². The van der Waals surface area contributed by atoms with Gasteiger partial charge in [-0.25, -0.2) is 0 Å². The van der Waals surface area contributed by atoms with Crippen LogP contribution in [0.25, 0.3) is 0 Å². The Labute approximate surface area is 110 Å². The fourth-order valence-electron chi connectivity index (χ4n) is 1.25. The maximum atomic E-state index is 12.7. The summed E-state index contributed by atoms with van der Waals surface area (Å²) in [7, 11) is 3.09. The molecule has 8 heteroatoms. The van der Waals surface area contributed by atoms with Crippen LogP contribution in [0.1, 0.15) is 6.92 Å². The first-order chi connectivity index (χ1) is 8.09. The molecule has 0 aliphatic carbocycles. The van der Waals surface area contributed by atoms with Gasteiger partial charge in [-0.3, -0.25) is 9.69 Å². The first-order valence-corrected chi connectivity index (χ1v) is 5.79. The Kier molecular flexibility index (Phi) is 6.55. The van der Waals surface area contributed by atoms with Crippen molar-refractivity contribution in [3.05, 3.63) is 0 Å². The van der Waals surface area contributed by atoms with E-state index in [1.165, 1.54) is 9.80 Å². The third-order valence-electron chi connectivity index (χ3n) is 2.48. The van der Waals surface area contributed by atoms with Crippen LogP contribution in [-0.2, 0) is 4.79 Å². The van der Waals surface area contributed by atoms with E-state index < -0.39 is 23.6 Å². The molecule has 1 amide bonds. The zero-order chi connectivity index (χ0) is 14.5. The van der Waals surface area contributed by atoms with E-state index in [1.54, 1.807) is 21.0 Å². The van der Waals surface area contributed by atoms with Crippen molar-refractivity contribution in [2.24, 2.45) is 11.7 Å². The Balaban J connectivity index is 4.68. The van der Waals surface area contributed by atoms with Crippen LogP contribution >= 0.6 is 12.2 Å². The van der Waals surface area contributed by atoms with Gasteiger partial charge in [0.2, 0.25) is 5.91 Å². The molecule has 0 spiro atoms. The van der Waals surface area contributed by atoms with Gasteiger partial charge in [-0.2, -0.15) is 13.2 Å². The highest BCUT2D eigenvalue weighted by Gasteiger charge is 2.42. The molecule has 18 heavy (non-hydrogen) atoms. The number of amides is 1. The van der Waals surface area contributed by atoms with Crippen LogP contribution in [-0.4, -0.2) is 60.6 Å². The van der Waals surface area contributed by atoms with E-state index in [-0.39, 0.29) is 12.5 Å². The molecule has 0 saturated carbocycles. The van der Waals surface area contributed by atoms with Gasteiger partial charge in [0.25, 0.3) is 0 Å². The summed E-state index contributed by atoms with van der Waals surface area (Å²) in [5.41, 5.74) is 5.11. The number of hydrogen-bond donors (Lipinski definition) is 1. The summed E-state index contributed by atoms with van der Waals surface area (Å²) in [6, 6.07) is 0. The normalized spacial score (nSPS) is 13.5. The average Bonchev–Trinajstić information content (AvgIpc) is 2.20. The fourth-order valence-corrected chi connectivity index (χ4v) is 1.46. The second-order valence-corrected chi connectivity index (χ2v) is 4.58. The maximum absolute atomic E-state index is 12.7. The standard InChI is InChI=1S/C10H18F3N3OS/c1-4-16(6-8(17)15(2)3)5-7(9(14)18)10(11,12)13/h7H,4-6H2,1-3H3,(H2,14,18). The molecule has 0 bridgehead atoms. The number of rotatable bonds is 6. The van der Waals surface area contributed by atoms with Crippen molar-refractivity contribution < 1.29 is 18.0 Å². The Bertz CT molecular complexity index is 307. The van der Waals surface area contributed by atoms with Crippen LogP contribution < -0.4 is 5.73 Å². The molecular formula is C10H18F3N3OS. The van der Waals surface area contributed by atoms with E-state index in [1.807, 2.05) is 0 Å². The van der Waals surface area contributed by atoms with E-state index in [0.717, 1.165) is 0 Å². The smallest absolute Gasteiger partial charge is 0.393 e. The van der Waals surface area contributed by atoms with Crippen molar-refractivity contribution in [3.63, 3.8) is 0 Å². The van der Waals surface area contributed by atoms with E-state index in [4.69, 9.17) is 5.73 Å². The van der Waals surface area contributed by atoms with Gasteiger partial charge in [0.05, 0.1) is 11.5 Å². The largest absolute Gasteiger partial charge is 0.399 e. The van der Waals surface area contributed by atoms with Crippen molar-refractivity contribution in [3.8, 4) is 0 Å². The van der Waals surface area contributed by atoms with Crippen molar-refractivity contribution in [1.82, 2.24) is 9.80 Å². The topological polar surface area (TPSA) is 49.6 Å². The zero-order valence-electron chi connectivity index (χ0n) is 10.6. The number of thiocarbonyl (C=S) groups is 1. The van der Waals surface area contributed by atoms with Crippen molar-refractivity contribution in [2.45, 2.75) is 13.1 Å². The molecule has 106 valence electrons. The molecular weight excluding hydrogens is 267 g/mol. The molecule has 0 saturated heterocycles. The molecule has 0 aromatic rings. The van der Waals surface area contributed by atoms with Gasteiger partial charge in [0.15, 0.2) is 0 Å². The summed E-state index contributed by atoms with van der Waals surface area (Å²) in [5, 5.41) is 0. The third-order valence-corrected chi connectivity index (χ3v) is 2.77. The maximum Gasteiger partial charge on any atom is 0.399 e. The van der Waals surface area contributed by atoms with E-state index in [2.05, 4.69) is 12.2 Å². The van der Waals surface area contributed by atoms with Crippen LogP contribution in [0.3, 0.4) is 0 Å². The second-order valence-electron chi connectivity index (χ2n) is 4.11. The SMILES string of the molecule is CCN(CC(=O)N(C)C)CC(C(N)=S)C(F)(F)F. The van der Waals surface area contributed by atoms with Gasteiger partial charge in [-0.05, 0) is 6.54 Å². The Morgan fingerprint density at radius 2 is 1.89 bits per heavy atom. The first kappa shape index (κ1) is 17.1. The molecule has 0 aromatic heterocycles. The van der Waals surface area contributed by atoms with Gasteiger partial charge in [-0.1, -0.05) is 19.1 Å². The molecule has 0 heterocycles. The highest BCUT2D eigenvalue weighted by atomic mass is 32.1. The number of alkyl halides is 3. The van der Waals surface area contributed by atoms with Crippen LogP contribution in [0, 0.1) is 5.92 Å². The predicted molar refractivity (Wildman–Crippen MR) is 67.1 cm³/mol. The summed E-state index contributed by atoms with van der Waals surface area (Å²) >= 11 is 4.43. The van der Waals surface area contributed by atoms with Crippen molar-refractivity contribution in [2.75, 3.05) is 33.7 Å². The van der Waals surface area contributed by atoms with E-state index in [0.29, 0.717) is 6.54 Å². The Hall–Kier alpha value is -0.890. The minimum Gasteiger partial charge on any atom is -0.393 e. The van der Waals surface area contributed by atoms with Gasteiger partial charge >= 0.3 is 6.18 Å². The molecule has 0 radical (unpaired) electrons. The first-order valence-electron chi connectivity index (χ1n) is 5.38. The molecule has 0 rings (SSSR count). The lowest BCUT2D eigenvalue weighted by atomic mass is 10.1. The lowest BCUT2D eigenvalue weighted by molar-refractivity contribution is -0.160. The fraction of sp³-hybridized carbons (Fsp3) is 0.800. The Morgan fingerprint density at radius 3 is 2.17 bits per heavy atom. The molecule has 0 aliphatic heterocycles. The molecule has 1 atom stereocenters. The van der Waals surface area contributed by atoms with Crippen LogP contribution in [0.2, 0.25) is 0 Å². The lowest BCUT2D eigenvalue weighted by Gasteiger charge is -2.27. The average molecular weight is 285 g/mol. The number of halogens is 3. The van der Waals surface area contributed by atoms with Gasteiger partial charge in [-0.15, -0.1) is 0 Å². The second kappa shape index (κ2) is 6.89. The van der Waals surface area contributed by atoms with Gasteiger partial charge in [0.1, 0.15) is 5.92 Å². The number of carbonyl (C=O) groups is 1. The number of hydrogen-bond acceptors (Lipinski definition) is 3. The van der Waals surface area contributed by atoms with Crippen LogP contribution in [0.4, 0.5) is 13.2 Å². The number of carbonyl (C=O) groups excluding carboxylic acids is 1. The molecule has 0 aromatic carbocycles. The Morgan fingerprint density at radius 1 is 1.39 bits per heavy atom. The van der Waals surface area contributed by atoms with E-state index >= 15 is 0 Å². The number of nitrogens with two attached hydrogens (primary N) is 1. The number of nitrogens with zero attached hydrogens (tertiary/aromatic N) is 2. The minimum absolute atomic E-state index is 0.0846. The highest BCUT2D eigenvalue weighted by Crippen LogP contribution is 2.27. The van der Waals surface area contributed by atoms with E-state index in [9.17, 15) is 18.0 Å². The van der Waals surface area contributed by atoms with Crippen molar-refractivity contribution in [1.29, 1.82) is 0 Å². The monoisotopic (exact) mass is 285 g/mol. The number of likely N-dealkylation sites (N-methyl/N-ethyl adjacent to an activating group) is 2. The van der Waals surface area contributed by atoms with Gasteiger partial charge in [0, 0.05) is 20.6 Å². The molecule has 1 unspecified atom stereocenters. The minimum atomic E-state index is -4.49. The summed E-state index contributed by atoms with van der Waals surface area (Å²) < 4.78 is 38.0. The summed E-state index contributed by atoms with van der Waals surface area (Å²) in [4.78, 5) is 13.6. The van der Waals surface area contributed by atoms with Crippen LogP contribution in [0.15, 0.2) is 0 Å². The molecule has 0 fully saturated rings. The molecule has 0 aliphatic rings. The molecule has 2 N–H and O–H groups in total. The quantitative estimate of drug-likeness (QED) is 0.736. The predicted octanol–water partition coefficient (Wildman–Crippen LogP) is 0.861. The summed E-state index contributed by atoms with van der Waals surface area (Å²) in [5.74, 6) is -2.15. The lowest BCUT2D eigenvalue weighted by Crippen LogP contribution is -2.46. The highest BCUT2D eigenvalue weighted by molar-refractivity contribution is 7.80. The molecule has 4 nitrogen and oxygen atoms in total. The zero-order valence-corrected chi connectivity index (χ0v) is 11.4.